The molecule has 0 aliphatic rings. The first-order valence-electron chi connectivity index (χ1n) is 4.76. The summed E-state index contributed by atoms with van der Waals surface area (Å²) in [5.41, 5.74) is -0.403. The van der Waals surface area contributed by atoms with E-state index in [-0.39, 0.29) is 0 Å². The van der Waals surface area contributed by atoms with E-state index >= 15 is 0 Å². The fraction of sp³-hybridized carbons (Fsp3) is 0.364. The maximum Gasteiger partial charge on any atom is 0.243 e. The molecular formula is C11H13N5. The van der Waals surface area contributed by atoms with Gasteiger partial charge in [0.1, 0.15) is 30.1 Å². The molecule has 0 radical (unpaired) electrons. The van der Waals surface area contributed by atoms with Crippen LogP contribution in [0.4, 0.5) is 0 Å². The number of nitrogens with zero attached hydrogens (tertiary/aromatic N) is 5. The van der Waals surface area contributed by atoms with E-state index in [1.54, 1.807) is 0 Å². The minimum Gasteiger partial charge on any atom is -0.762 e. The fourth-order valence-corrected chi connectivity index (χ4v) is 0.967. The number of aromatic nitrogens is 2. The molecule has 0 spiro atoms. The Morgan fingerprint density at radius 1 is 1.44 bits per heavy atom. The van der Waals surface area contributed by atoms with E-state index in [0.29, 0.717) is 0 Å². The van der Waals surface area contributed by atoms with Gasteiger partial charge in [-0.15, -0.1) is 0 Å². The highest BCUT2D eigenvalue weighted by Crippen LogP contribution is 1.85. The number of aryl methyl sites for hydroxylation is 2. The summed E-state index contributed by atoms with van der Waals surface area (Å²) < 4.78 is 4.23. The summed E-state index contributed by atoms with van der Waals surface area (Å²) in [5.74, 6) is 1.40. The van der Waals surface area contributed by atoms with Gasteiger partial charge in [-0.1, -0.05) is 6.92 Å². The van der Waals surface area contributed by atoms with Crippen LogP contribution in [0.25, 0.3) is 5.41 Å². The first-order chi connectivity index (χ1) is 7.67. The summed E-state index contributed by atoms with van der Waals surface area (Å²) >= 11 is 0. The molecule has 1 aromatic heterocycles. The lowest BCUT2D eigenvalue weighted by atomic mass is 10.4. The van der Waals surface area contributed by atoms with E-state index in [4.69, 9.17) is 15.9 Å². The van der Waals surface area contributed by atoms with E-state index in [1.807, 2.05) is 7.05 Å². The molecule has 0 aliphatic heterocycles. The molecule has 0 bridgehead atoms. The Kier molecular flexibility index (Phi) is 6.81. The van der Waals surface area contributed by atoms with Gasteiger partial charge in [0, 0.05) is 0 Å². The maximum absolute atomic E-state index is 7.79. The van der Waals surface area contributed by atoms with Crippen molar-refractivity contribution in [2.75, 3.05) is 0 Å². The van der Waals surface area contributed by atoms with E-state index < -0.39 is 5.57 Å². The largest absolute Gasteiger partial charge is 0.762 e. The van der Waals surface area contributed by atoms with Gasteiger partial charge >= 0.3 is 0 Å². The van der Waals surface area contributed by atoms with Crippen molar-refractivity contribution in [2.24, 2.45) is 7.05 Å². The maximum atomic E-state index is 7.79. The van der Waals surface area contributed by atoms with Crippen molar-refractivity contribution in [3.63, 3.8) is 0 Å². The van der Waals surface area contributed by atoms with Crippen LogP contribution in [0.2, 0.25) is 0 Å². The molecule has 1 rings (SSSR count). The van der Waals surface area contributed by atoms with E-state index in [2.05, 4.69) is 34.8 Å². The molecule has 5 nitrogen and oxygen atoms in total. The Labute approximate surface area is 95.0 Å². The summed E-state index contributed by atoms with van der Waals surface area (Å²) in [6.45, 7) is 3.31. The van der Waals surface area contributed by atoms with Crippen molar-refractivity contribution >= 4 is 5.87 Å². The molecule has 0 saturated heterocycles. The summed E-state index contributed by atoms with van der Waals surface area (Å²) in [7, 11) is 2.03. The molecule has 0 saturated carbocycles. The smallest absolute Gasteiger partial charge is 0.243 e. The number of nitriles is 2. The predicted octanol–water partition coefficient (Wildman–Crippen LogP) is 0.922. The van der Waals surface area contributed by atoms with E-state index in [0.717, 1.165) is 6.54 Å². The van der Waals surface area contributed by atoms with Gasteiger partial charge in [-0.2, -0.15) is 10.5 Å². The number of rotatable bonds is 2. The van der Waals surface area contributed by atoms with Gasteiger partial charge in [0.15, 0.2) is 0 Å². The van der Waals surface area contributed by atoms with Crippen molar-refractivity contribution in [1.82, 2.24) is 4.57 Å². The Balaban J connectivity index is 0.000000293. The lowest BCUT2D eigenvalue weighted by molar-refractivity contribution is -0.671. The third-order valence-corrected chi connectivity index (χ3v) is 1.64. The molecule has 1 heterocycles. The van der Waals surface area contributed by atoms with Gasteiger partial charge < -0.3 is 5.41 Å². The van der Waals surface area contributed by atoms with Gasteiger partial charge in [0.2, 0.25) is 6.33 Å². The van der Waals surface area contributed by atoms with Gasteiger partial charge in [0.25, 0.3) is 0 Å². The molecule has 16 heavy (non-hydrogen) atoms. The summed E-state index contributed by atoms with van der Waals surface area (Å²) in [6.07, 6.45) is 7.43. The molecule has 0 atom stereocenters. The van der Waals surface area contributed by atoms with E-state index in [9.17, 15) is 0 Å². The summed E-state index contributed by atoms with van der Waals surface area (Å²) in [4.78, 5) is 0. The predicted molar refractivity (Wildman–Crippen MR) is 59.0 cm³/mol. The van der Waals surface area contributed by atoms with Crippen molar-refractivity contribution in [3.05, 3.63) is 29.7 Å². The van der Waals surface area contributed by atoms with Crippen LogP contribution >= 0.6 is 0 Å². The highest BCUT2D eigenvalue weighted by molar-refractivity contribution is 5.71. The molecule has 0 unspecified atom stereocenters. The number of hydrogen-bond acceptors (Lipinski definition) is 2. The number of imidazole rings is 1. The van der Waals surface area contributed by atoms with Gasteiger partial charge in [0.05, 0.1) is 13.6 Å². The molecule has 5 heteroatoms. The Morgan fingerprint density at radius 3 is 2.31 bits per heavy atom. The molecule has 0 aromatic carbocycles. The molecule has 82 valence electrons. The first kappa shape index (κ1) is 13.6. The molecule has 0 fully saturated rings. The van der Waals surface area contributed by atoms with Crippen LogP contribution in [0.5, 0.6) is 0 Å². The third-order valence-electron chi connectivity index (χ3n) is 1.64. The van der Waals surface area contributed by atoms with Gasteiger partial charge in [-0.3, -0.25) is 0 Å². The third kappa shape index (κ3) is 5.39. The lowest BCUT2D eigenvalue weighted by Gasteiger charge is -1.86. The second kappa shape index (κ2) is 7.99. The summed E-state index contributed by atoms with van der Waals surface area (Å²) in [6, 6.07) is 2.79. The lowest BCUT2D eigenvalue weighted by Crippen LogP contribution is -2.23. The topological polar surface area (TPSA) is 78.7 Å². The van der Waals surface area contributed by atoms with Crippen molar-refractivity contribution in [1.29, 1.82) is 10.5 Å². The molecule has 0 N–H and O–H groups in total. The minimum absolute atomic E-state index is 0.403. The van der Waals surface area contributed by atoms with Crippen molar-refractivity contribution in [3.8, 4) is 12.1 Å². The number of hydrogen-bond donors (Lipinski definition) is 0. The van der Waals surface area contributed by atoms with Crippen LogP contribution < -0.4 is 4.57 Å². The van der Waals surface area contributed by atoms with Crippen molar-refractivity contribution < 1.29 is 4.57 Å². The quantitative estimate of drug-likeness (QED) is 0.417. The Bertz CT molecular complexity index is 435. The molecule has 1 aromatic rings. The molecule has 0 amide bonds. The Morgan fingerprint density at radius 2 is 2.06 bits per heavy atom. The first-order valence-corrected chi connectivity index (χ1v) is 4.76. The second-order valence-electron chi connectivity index (χ2n) is 3.03. The minimum atomic E-state index is -0.403. The standard InChI is InChI=1S/C7H13N2.C4N3/c1-3-4-9-6-5-8(2)7-9;5-1-4(2-6)3-7/h5-7H,3-4H2,1-2H3;/q+1;-1. The normalized spacial score (nSPS) is 7.75. The van der Waals surface area contributed by atoms with Crippen LogP contribution in [0.3, 0.4) is 0 Å². The van der Waals surface area contributed by atoms with Gasteiger partial charge in [-0.25, -0.2) is 15.0 Å². The molecule has 0 aliphatic carbocycles. The van der Waals surface area contributed by atoms with E-state index in [1.165, 1.54) is 24.4 Å². The van der Waals surface area contributed by atoms with Crippen LogP contribution in [0.1, 0.15) is 13.3 Å². The van der Waals surface area contributed by atoms with Crippen LogP contribution in [-0.2, 0) is 13.6 Å². The average Bonchev–Trinajstić information content (AvgIpc) is 2.68. The van der Waals surface area contributed by atoms with Crippen LogP contribution in [-0.4, -0.2) is 10.4 Å². The zero-order valence-corrected chi connectivity index (χ0v) is 9.38. The second-order valence-corrected chi connectivity index (χ2v) is 3.03. The zero-order valence-electron chi connectivity index (χ0n) is 9.38. The van der Waals surface area contributed by atoms with Gasteiger partial charge in [-0.05, 0) is 6.42 Å². The fourth-order valence-electron chi connectivity index (χ4n) is 0.967. The van der Waals surface area contributed by atoms with Crippen LogP contribution in [0, 0.1) is 22.7 Å². The monoisotopic (exact) mass is 215 g/mol. The average molecular weight is 215 g/mol. The molecular weight excluding hydrogens is 202 g/mol. The summed E-state index contributed by atoms with van der Waals surface area (Å²) in [5, 5.41) is 23.4. The van der Waals surface area contributed by atoms with Crippen molar-refractivity contribution in [2.45, 2.75) is 19.9 Å². The highest BCUT2D eigenvalue weighted by atomic mass is 15.1. The zero-order chi connectivity index (χ0) is 12.4. The highest BCUT2D eigenvalue weighted by Gasteiger charge is 1.94. The SMILES string of the molecule is CCCn1cc[n+](C)c1.N#CC(=C=[N-])C#N. The Hall–Kier alpha value is -2.36. The van der Waals surface area contributed by atoms with Crippen LogP contribution in [0.15, 0.2) is 24.3 Å². The number of allylic oxidation sites excluding steroid dienone is 1.